The molecule has 3 aromatic carbocycles. The molecule has 0 heterocycles. The summed E-state index contributed by atoms with van der Waals surface area (Å²) in [4.78, 5) is 11.4. The summed E-state index contributed by atoms with van der Waals surface area (Å²) in [5.41, 5.74) is 0.849. The quantitative estimate of drug-likeness (QED) is 0.274. The van der Waals surface area contributed by atoms with Gasteiger partial charge in [0.25, 0.3) is 0 Å². The van der Waals surface area contributed by atoms with Gasteiger partial charge in [0, 0.05) is 17.5 Å². The Bertz CT molecular complexity index is 1040. The minimum atomic E-state index is -0.283. The molecule has 0 aromatic heterocycles. The van der Waals surface area contributed by atoms with Gasteiger partial charge in [0.2, 0.25) is 0 Å². The van der Waals surface area contributed by atoms with Crippen molar-refractivity contribution in [1.29, 1.82) is 0 Å². The molecule has 0 amide bonds. The SMILES string of the molecule is COC(=O)Cc1ccc(OCC[C@@H](C)Oc2ccc(Cl)cc2Oc2ccccc2)c(Br)c1. The number of para-hydroxylation sites is 1. The molecule has 1 atom stereocenters. The van der Waals surface area contributed by atoms with Crippen molar-refractivity contribution in [2.45, 2.75) is 25.9 Å². The molecule has 3 rings (SSSR count). The number of halogens is 2. The van der Waals surface area contributed by atoms with Crippen molar-refractivity contribution in [3.63, 3.8) is 0 Å². The monoisotopic (exact) mass is 518 g/mol. The average molecular weight is 520 g/mol. The maximum absolute atomic E-state index is 11.4. The molecule has 168 valence electrons. The lowest BCUT2D eigenvalue weighted by molar-refractivity contribution is -0.139. The zero-order chi connectivity index (χ0) is 22.9. The molecule has 7 heteroatoms. The first kappa shape index (κ1) is 24.0. The molecule has 5 nitrogen and oxygen atoms in total. The Kier molecular flexibility index (Phi) is 8.82. The summed E-state index contributed by atoms with van der Waals surface area (Å²) in [7, 11) is 1.37. The van der Waals surface area contributed by atoms with Gasteiger partial charge in [0.15, 0.2) is 11.5 Å². The van der Waals surface area contributed by atoms with E-state index in [2.05, 4.69) is 15.9 Å². The number of hydrogen-bond acceptors (Lipinski definition) is 5. The summed E-state index contributed by atoms with van der Waals surface area (Å²) < 4.78 is 23.4. The number of rotatable bonds is 10. The Balaban J connectivity index is 1.55. The van der Waals surface area contributed by atoms with Gasteiger partial charge in [-0.1, -0.05) is 35.9 Å². The van der Waals surface area contributed by atoms with E-state index in [1.54, 1.807) is 18.2 Å². The van der Waals surface area contributed by atoms with Crippen molar-refractivity contribution in [3.05, 3.63) is 81.8 Å². The lowest BCUT2D eigenvalue weighted by atomic mass is 10.1. The second kappa shape index (κ2) is 11.8. The van der Waals surface area contributed by atoms with Crippen molar-refractivity contribution < 1.29 is 23.7 Å². The maximum atomic E-state index is 11.4. The fourth-order valence-electron chi connectivity index (χ4n) is 2.90. The minimum Gasteiger partial charge on any atom is -0.492 e. The fourth-order valence-corrected chi connectivity index (χ4v) is 3.60. The van der Waals surface area contributed by atoms with Crippen molar-refractivity contribution in [2.24, 2.45) is 0 Å². The van der Waals surface area contributed by atoms with Gasteiger partial charge in [-0.15, -0.1) is 0 Å². The summed E-state index contributed by atoms with van der Waals surface area (Å²) >= 11 is 9.64. The molecule has 0 aliphatic carbocycles. The molecule has 0 spiro atoms. The van der Waals surface area contributed by atoms with Gasteiger partial charge in [-0.25, -0.2) is 0 Å². The van der Waals surface area contributed by atoms with E-state index in [0.29, 0.717) is 41.0 Å². The number of hydrogen-bond donors (Lipinski definition) is 0. The van der Waals surface area contributed by atoms with Crippen molar-refractivity contribution in [1.82, 2.24) is 0 Å². The van der Waals surface area contributed by atoms with Gasteiger partial charge >= 0.3 is 5.97 Å². The third-order valence-corrected chi connectivity index (χ3v) is 5.41. The highest BCUT2D eigenvalue weighted by Crippen LogP contribution is 2.35. The lowest BCUT2D eigenvalue weighted by Crippen LogP contribution is -2.16. The standard InChI is InChI=1S/C25H24BrClO5/c1-17(12-13-30-22-10-8-18(14-21(22)26)15-25(28)29-2)31-23-11-9-19(27)16-24(23)32-20-6-4-3-5-7-20/h3-11,14,16-17H,12-13,15H2,1-2H3/t17-/m1/s1. The maximum Gasteiger partial charge on any atom is 0.309 e. The molecule has 0 bridgehead atoms. The van der Waals surface area contributed by atoms with Crippen LogP contribution in [0.4, 0.5) is 0 Å². The van der Waals surface area contributed by atoms with Crippen LogP contribution >= 0.6 is 27.5 Å². The summed E-state index contributed by atoms with van der Waals surface area (Å²) in [5, 5.41) is 0.569. The number of ether oxygens (including phenoxy) is 4. The first-order chi connectivity index (χ1) is 15.4. The molecule has 3 aromatic rings. The highest BCUT2D eigenvalue weighted by atomic mass is 79.9. The predicted octanol–water partition coefficient (Wildman–Crippen LogP) is 6.85. The van der Waals surface area contributed by atoms with E-state index in [9.17, 15) is 4.79 Å². The van der Waals surface area contributed by atoms with Crippen LogP contribution in [0.3, 0.4) is 0 Å². The van der Waals surface area contributed by atoms with Crippen molar-refractivity contribution in [2.75, 3.05) is 13.7 Å². The van der Waals surface area contributed by atoms with Gasteiger partial charge in [-0.3, -0.25) is 4.79 Å². The smallest absolute Gasteiger partial charge is 0.309 e. The molecule has 0 unspecified atom stereocenters. The van der Waals surface area contributed by atoms with E-state index >= 15 is 0 Å². The van der Waals surface area contributed by atoms with Crippen LogP contribution in [0, 0.1) is 0 Å². The number of methoxy groups -OCH3 is 1. The van der Waals surface area contributed by atoms with Crippen LogP contribution < -0.4 is 14.2 Å². The van der Waals surface area contributed by atoms with Gasteiger partial charge < -0.3 is 18.9 Å². The van der Waals surface area contributed by atoms with E-state index < -0.39 is 0 Å². The zero-order valence-corrected chi connectivity index (χ0v) is 20.2. The van der Waals surface area contributed by atoms with Crippen LogP contribution in [0.15, 0.2) is 71.2 Å². The molecule has 0 saturated carbocycles. The highest BCUT2D eigenvalue weighted by Gasteiger charge is 2.13. The molecule has 0 fully saturated rings. The predicted molar refractivity (Wildman–Crippen MR) is 128 cm³/mol. The lowest BCUT2D eigenvalue weighted by Gasteiger charge is -2.18. The average Bonchev–Trinajstić information content (AvgIpc) is 2.78. The van der Waals surface area contributed by atoms with Crippen LogP contribution in [0.1, 0.15) is 18.9 Å². The van der Waals surface area contributed by atoms with Gasteiger partial charge in [-0.2, -0.15) is 0 Å². The molecule has 0 aliphatic heterocycles. The second-order valence-electron chi connectivity index (χ2n) is 7.09. The highest BCUT2D eigenvalue weighted by molar-refractivity contribution is 9.10. The summed E-state index contributed by atoms with van der Waals surface area (Å²) in [6.45, 7) is 2.43. The van der Waals surface area contributed by atoms with Gasteiger partial charge in [0.1, 0.15) is 11.5 Å². The topological polar surface area (TPSA) is 54.0 Å². The number of esters is 1. The molecule has 32 heavy (non-hydrogen) atoms. The zero-order valence-electron chi connectivity index (χ0n) is 17.8. The Labute approximate surface area is 201 Å². The Morgan fingerprint density at radius 3 is 2.47 bits per heavy atom. The largest absolute Gasteiger partial charge is 0.492 e. The minimum absolute atomic E-state index is 0.119. The van der Waals surface area contributed by atoms with E-state index in [0.717, 1.165) is 10.0 Å². The van der Waals surface area contributed by atoms with Crippen molar-refractivity contribution in [3.8, 4) is 23.0 Å². The van der Waals surface area contributed by atoms with E-state index in [4.69, 9.17) is 30.5 Å². The number of carbonyl (C=O) groups is 1. The van der Waals surface area contributed by atoms with Crippen molar-refractivity contribution >= 4 is 33.5 Å². The van der Waals surface area contributed by atoms with E-state index in [1.807, 2.05) is 55.5 Å². The van der Waals surface area contributed by atoms with E-state index in [1.165, 1.54) is 7.11 Å². The van der Waals surface area contributed by atoms with Crippen LogP contribution in [0.5, 0.6) is 23.0 Å². The summed E-state index contributed by atoms with van der Waals surface area (Å²) in [6, 6.07) is 20.3. The van der Waals surface area contributed by atoms with Gasteiger partial charge in [-0.05, 0) is 64.8 Å². The molecular formula is C25H24BrClO5. The normalized spacial score (nSPS) is 11.5. The molecule has 0 saturated heterocycles. The van der Waals surface area contributed by atoms with Crippen LogP contribution in [-0.2, 0) is 16.0 Å². The first-order valence-corrected chi connectivity index (χ1v) is 11.3. The Morgan fingerprint density at radius 1 is 1.00 bits per heavy atom. The van der Waals surface area contributed by atoms with Crippen LogP contribution in [-0.4, -0.2) is 25.8 Å². The summed E-state index contributed by atoms with van der Waals surface area (Å²) in [5.74, 6) is 2.29. The number of carbonyl (C=O) groups excluding carboxylic acids is 1. The molecule has 0 N–H and O–H groups in total. The first-order valence-electron chi connectivity index (χ1n) is 10.1. The molecule has 0 aliphatic rings. The molecule has 0 radical (unpaired) electrons. The Hall–Kier alpha value is -2.70. The van der Waals surface area contributed by atoms with E-state index in [-0.39, 0.29) is 18.5 Å². The molecular weight excluding hydrogens is 496 g/mol. The van der Waals surface area contributed by atoms with Crippen LogP contribution in [0.2, 0.25) is 5.02 Å². The second-order valence-corrected chi connectivity index (χ2v) is 8.38. The van der Waals surface area contributed by atoms with Gasteiger partial charge in [0.05, 0.1) is 30.7 Å². The fraction of sp³-hybridized carbons (Fsp3) is 0.240. The Morgan fingerprint density at radius 2 is 1.75 bits per heavy atom. The van der Waals surface area contributed by atoms with Crippen LogP contribution in [0.25, 0.3) is 0 Å². The third-order valence-electron chi connectivity index (χ3n) is 4.56. The number of benzene rings is 3. The third kappa shape index (κ3) is 7.18. The summed E-state index contributed by atoms with van der Waals surface area (Å²) in [6.07, 6.45) is 0.755.